The molecule has 1 aromatic rings. The summed E-state index contributed by atoms with van der Waals surface area (Å²) < 4.78 is 37.9. The molecule has 0 fully saturated rings. The maximum atomic E-state index is 12.6. The van der Waals surface area contributed by atoms with Crippen molar-refractivity contribution < 1.29 is 18.3 Å². The normalized spacial score (nSPS) is 13.9. The lowest BCUT2D eigenvalue weighted by atomic mass is 9.81. The van der Waals surface area contributed by atoms with Gasteiger partial charge in [0.1, 0.15) is 0 Å². The lowest BCUT2D eigenvalue weighted by molar-refractivity contribution is -0.137. The molecule has 0 saturated carbocycles. The Morgan fingerprint density at radius 3 is 2.21 bits per heavy atom. The smallest absolute Gasteiger partial charge is 0.396 e. The fourth-order valence-electron chi connectivity index (χ4n) is 1.51. The zero-order chi connectivity index (χ0) is 14.1. The fourth-order valence-corrected chi connectivity index (χ4v) is 1.75. The number of hydrogen-bond donors (Lipinski definition) is 2. The molecule has 0 radical (unpaired) electrons. The summed E-state index contributed by atoms with van der Waals surface area (Å²) in [6.07, 6.45) is -4.47. The number of hydrogen-bond acceptors (Lipinski definition) is 2. The molecule has 0 heterocycles. The molecule has 0 spiro atoms. The molecule has 0 unspecified atom stereocenters. The first kappa shape index (κ1) is 18.5. The second-order valence-corrected chi connectivity index (χ2v) is 5.33. The van der Waals surface area contributed by atoms with E-state index in [2.05, 4.69) is 0 Å². The molecule has 1 aromatic carbocycles. The maximum Gasteiger partial charge on any atom is 0.416 e. The van der Waals surface area contributed by atoms with Crippen LogP contribution in [-0.2, 0) is 6.18 Å². The minimum Gasteiger partial charge on any atom is -0.396 e. The van der Waals surface area contributed by atoms with E-state index >= 15 is 0 Å². The highest BCUT2D eigenvalue weighted by Crippen LogP contribution is 2.36. The first-order valence-electron chi connectivity index (χ1n) is 5.32. The summed E-state index contributed by atoms with van der Waals surface area (Å²) in [7, 11) is 0. The lowest BCUT2D eigenvalue weighted by Crippen LogP contribution is -2.32. The molecule has 7 heteroatoms. The molecule has 0 aliphatic rings. The summed E-state index contributed by atoms with van der Waals surface area (Å²) in [5.41, 5.74) is 4.57. The zero-order valence-corrected chi connectivity index (χ0v) is 12.0. The number of halogens is 5. The molecule has 0 aromatic heterocycles. The number of benzene rings is 1. The van der Waals surface area contributed by atoms with Gasteiger partial charge in [-0.15, -0.1) is 12.4 Å². The minimum atomic E-state index is -4.47. The average molecular weight is 318 g/mol. The van der Waals surface area contributed by atoms with Crippen molar-refractivity contribution in [3.8, 4) is 0 Å². The summed E-state index contributed by atoms with van der Waals surface area (Å²) in [6, 6.07) is 2.47. The zero-order valence-electron chi connectivity index (χ0n) is 10.5. The number of alkyl halides is 3. The van der Waals surface area contributed by atoms with Gasteiger partial charge in [0, 0.05) is 23.1 Å². The Labute approximate surface area is 121 Å². The van der Waals surface area contributed by atoms with Crippen LogP contribution in [0.4, 0.5) is 13.2 Å². The van der Waals surface area contributed by atoms with Crippen LogP contribution in [-0.4, -0.2) is 11.7 Å². The maximum absolute atomic E-state index is 12.6. The summed E-state index contributed by atoms with van der Waals surface area (Å²) >= 11 is 5.68. The van der Waals surface area contributed by atoms with Gasteiger partial charge < -0.3 is 10.8 Å². The highest BCUT2D eigenvalue weighted by Gasteiger charge is 2.33. The predicted molar refractivity (Wildman–Crippen MR) is 71.5 cm³/mol. The molecule has 3 N–H and O–H groups in total. The van der Waals surface area contributed by atoms with E-state index in [4.69, 9.17) is 17.3 Å². The topological polar surface area (TPSA) is 46.2 Å². The van der Waals surface area contributed by atoms with Crippen molar-refractivity contribution in [3.63, 3.8) is 0 Å². The lowest BCUT2D eigenvalue weighted by Gasteiger charge is -2.30. The molecule has 0 aliphatic heterocycles. The Morgan fingerprint density at radius 2 is 1.79 bits per heavy atom. The molecule has 19 heavy (non-hydrogen) atoms. The Hall–Kier alpha value is -0.490. The van der Waals surface area contributed by atoms with Gasteiger partial charge in [-0.2, -0.15) is 13.2 Å². The first-order chi connectivity index (χ1) is 8.08. The van der Waals surface area contributed by atoms with E-state index in [1.165, 1.54) is 6.07 Å². The monoisotopic (exact) mass is 317 g/mol. The third kappa shape index (κ3) is 4.53. The van der Waals surface area contributed by atoms with Gasteiger partial charge in [0.05, 0.1) is 5.56 Å². The van der Waals surface area contributed by atoms with Gasteiger partial charge in [0.15, 0.2) is 0 Å². The molecule has 0 aliphatic carbocycles. The van der Waals surface area contributed by atoms with E-state index < -0.39 is 23.2 Å². The second kappa shape index (κ2) is 6.31. The van der Waals surface area contributed by atoms with Gasteiger partial charge in [0.2, 0.25) is 0 Å². The first-order valence-corrected chi connectivity index (χ1v) is 5.70. The highest BCUT2D eigenvalue weighted by molar-refractivity contribution is 6.30. The van der Waals surface area contributed by atoms with E-state index in [0.717, 1.165) is 12.1 Å². The Kier molecular flexibility index (Phi) is 6.14. The Balaban J connectivity index is 0.00000324. The average Bonchev–Trinajstić information content (AvgIpc) is 2.26. The molecule has 1 atom stereocenters. The second-order valence-electron chi connectivity index (χ2n) is 4.90. The number of aliphatic hydroxyl groups excluding tert-OH is 1. The van der Waals surface area contributed by atoms with Gasteiger partial charge >= 0.3 is 6.18 Å². The summed E-state index contributed by atoms with van der Waals surface area (Å²) in [5.74, 6) is 0. The molecular formula is C12H16Cl2F3NO. The van der Waals surface area contributed by atoms with Crippen molar-refractivity contribution in [2.45, 2.75) is 26.1 Å². The van der Waals surface area contributed by atoms with Crippen LogP contribution < -0.4 is 5.73 Å². The molecule has 1 rings (SSSR count). The molecule has 110 valence electrons. The quantitative estimate of drug-likeness (QED) is 0.890. The van der Waals surface area contributed by atoms with E-state index in [0.29, 0.717) is 0 Å². The van der Waals surface area contributed by atoms with Crippen molar-refractivity contribution in [1.82, 2.24) is 0 Å². The summed E-state index contributed by atoms with van der Waals surface area (Å²) in [6.45, 7) is 3.11. The molecule has 0 saturated heterocycles. The van der Waals surface area contributed by atoms with Crippen molar-refractivity contribution >= 4 is 24.0 Å². The van der Waals surface area contributed by atoms with Gasteiger partial charge in [-0.3, -0.25) is 0 Å². The summed E-state index contributed by atoms with van der Waals surface area (Å²) in [5, 5.41) is 9.16. The number of nitrogens with two attached hydrogens (primary N) is 1. The highest BCUT2D eigenvalue weighted by atomic mass is 35.5. The molecule has 0 amide bonds. The van der Waals surface area contributed by atoms with Gasteiger partial charge in [-0.1, -0.05) is 25.4 Å². The van der Waals surface area contributed by atoms with Crippen LogP contribution in [0.3, 0.4) is 0 Å². The molecular weight excluding hydrogens is 302 g/mol. The molecule has 2 nitrogen and oxygen atoms in total. The van der Waals surface area contributed by atoms with Gasteiger partial charge in [-0.25, -0.2) is 0 Å². The van der Waals surface area contributed by atoms with Crippen LogP contribution in [0, 0.1) is 5.41 Å². The summed E-state index contributed by atoms with van der Waals surface area (Å²) in [4.78, 5) is 0. The van der Waals surface area contributed by atoms with Crippen LogP contribution >= 0.6 is 24.0 Å². The van der Waals surface area contributed by atoms with Crippen LogP contribution in [0.2, 0.25) is 5.02 Å². The number of aliphatic hydroxyl groups is 1. The largest absolute Gasteiger partial charge is 0.416 e. The number of rotatable bonds is 3. The standard InChI is InChI=1S/C12H15ClF3NO.ClH/c1-11(2,6-18)10(17)7-3-8(12(14,15)16)5-9(13)4-7;/h3-5,10,18H,6,17H2,1-2H3;1H/t10-;/m0./s1. The van der Waals surface area contributed by atoms with Crippen LogP contribution in [0.5, 0.6) is 0 Å². The van der Waals surface area contributed by atoms with Gasteiger partial charge in [0.25, 0.3) is 0 Å². The van der Waals surface area contributed by atoms with E-state index in [-0.39, 0.29) is 29.6 Å². The van der Waals surface area contributed by atoms with E-state index in [1.54, 1.807) is 13.8 Å². The van der Waals surface area contributed by atoms with Crippen LogP contribution in [0.1, 0.15) is 31.0 Å². The Morgan fingerprint density at radius 1 is 1.26 bits per heavy atom. The SMILES string of the molecule is CC(C)(CO)[C@@H](N)c1cc(Cl)cc(C(F)(F)F)c1.Cl. The van der Waals surface area contributed by atoms with Gasteiger partial charge in [-0.05, 0) is 23.8 Å². The third-order valence-electron chi connectivity index (χ3n) is 2.86. The van der Waals surface area contributed by atoms with Crippen molar-refractivity contribution in [1.29, 1.82) is 0 Å². The van der Waals surface area contributed by atoms with Crippen molar-refractivity contribution in [2.24, 2.45) is 11.1 Å². The minimum absolute atomic E-state index is 0. The fraction of sp³-hybridized carbons (Fsp3) is 0.500. The van der Waals surface area contributed by atoms with Crippen LogP contribution in [0.25, 0.3) is 0 Å². The van der Waals surface area contributed by atoms with Crippen molar-refractivity contribution in [2.75, 3.05) is 6.61 Å². The van der Waals surface area contributed by atoms with E-state index in [1.807, 2.05) is 0 Å². The van der Waals surface area contributed by atoms with Crippen LogP contribution in [0.15, 0.2) is 18.2 Å². The predicted octanol–water partition coefficient (Wildman–Crippen LogP) is 3.80. The molecule has 0 bridgehead atoms. The third-order valence-corrected chi connectivity index (χ3v) is 3.07. The van der Waals surface area contributed by atoms with E-state index in [9.17, 15) is 18.3 Å². The Bertz CT molecular complexity index is 435. The van der Waals surface area contributed by atoms with Crippen molar-refractivity contribution in [3.05, 3.63) is 34.3 Å².